The zero-order valence-corrected chi connectivity index (χ0v) is 10.9. The van der Waals surface area contributed by atoms with Crippen LogP contribution in [-0.2, 0) is 0 Å². The van der Waals surface area contributed by atoms with Gasteiger partial charge in [0.2, 0.25) is 0 Å². The molecule has 1 aromatic rings. The van der Waals surface area contributed by atoms with Crippen LogP contribution < -0.4 is 4.74 Å². The molecule has 0 fully saturated rings. The molecule has 16 heavy (non-hydrogen) atoms. The van der Waals surface area contributed by atoms with E-state index in [0.29, 0.717) is 6.10 Å². The van der Waals surface area contributed by atoms with Crippen LogP contribution in [0.2, 0.25) is 0 Å². The molecule has 1 unspecified atom stereocenters. The van der Waals surface area contributed by atoms with Crippen molar-refractivity contribution >= 4 is 0 Å². The molecule has 2 heteroatoms. The number of rotatable bonds is 6. The second-order valence-electron chi connectivity index (χ2n) is 5.31. The van der Waals surface area contributed by atoms with Crippen molar-refractivity contribution in [2.75, 3.05) is 27.7 Å². The highest BCUT2D eigenvalue weighted by molar-refractivity contribution is 5.21. The molecule has 0 amide bonds. The van der Waals surface area contributed by atoms with E-state index in [0.717, 1.165) is 29.6 Å². The quantitative estimate of drug-likeness (QED) is 0.672. The van der Waals surface area contributed by atoms with Gasteiger partial charge < -0.3 is 9.22 Å². The normalized spacial score (nSPS) is 13.5. The maximum atomic E-state index is 6.02. The Bertz CT molecular complexity index is 289. The Morgan fingerprint density at radius 3 is 2.25 bits per heavy atom. The van der Waals surface area contributed by atoms with Gasteiger partial charge >= 0.3 is 0 Å². The van der Waals surface area contributed by atoms with Crippen LogP contribution in [0.15, 0.2) is 30.3 Å². The van der Waals surface area contributed by atoms with Crippen molar-refractivity contribution in [2.45, 2.75) is 25.9 Å². The van der Waals surface area contributed by atoms with Gasteiger partial charge in [-0.25, -0.2) is 0 Å². The number of quaternary nitrogens is 1. The molecule has 90 valence electrons. The van der Waals surface area contributed by atoms with E-state index in [1.807, 2.05) is 30.3 Å². The van der Waals surface area contributed by atoms with Gasteiger partial charge in [0.25, 0.3) is 0 Å². The van der Waals surface area contributed by atoms with Crippen LogP contribution in [0.25, 0.3) is 0 Å². The minimum absolute atomic E-state index is 0.312. The Labute approximate surface area is 99.4 Å². The van der Waals surface area contributed by atoms with Gasteiger partial charge in [-0.05, 0) is 18.6 Å². The molecule has 0 radical (unpaired) electrons. The molecule has 0 saturated heterocycles. The molecule has 0 aliphatic heterocycles. The lowest BCUT2D eigenvalue weighted by Crippen LogP contribution is -2.43. The fourth-order valence-electron chi connectivity index (χ4n) is 1.81. The molecular formula is C14H24NO+. The van der Waals surface area contributed by atoms with Crippen molar-refractivity contribution in [1.29, 1.82) is 0 Å². The van der Waals surface area contributed by atoms with Crippen molar-refractivity contribution in [2.24, 2.45) is 0 Å². The first kappa shape index (κ1) is 13.0. The summed E-state index contributed by atoms with van der Waals surface area (Å²) < 4.78 is 6.96. The van der Waals surface area contributed by atoms with Gasteiger partial charge in [0.15, 0.2) is 0 Å². The summed E-state index contributed by atoms with van der Waals surface area (Å²) in [6, 6.07) is 10.1. The molecule has 0 spiro atoms. The van der Waals surface area contributed by atoms with Gasteiger partial charge in [-0.3, -0.25) is 0 Å². The highest BCUT2D eigenvalue weighted by Crippen LogP contribution is 2.15. The molecule has 0 saturated carbocycles. The van der Waals surface area contributed by atoms with Crippen molar-refractivity contribution in [3.05, 3.63) is 30.3 Å². The maximum absolute atomic E-state index is 6.02. The third kappa shape index (κ3) is 5.17. The SMILES string of the molecule is CCCC(C[N+](C)(C)C)Oc1ccccc1. The summed E-state index contributed by atoms with van der Waals surface area (Å²) in [6.45, 7) is 3.25. The standard InChI is InChI=1S/C14H24NO/c1-5-9-14(12-15(2,3)4)16-13-10-7-6-8-11-13/h6-8,10-11,14H,5,9,12H2,1-4H3/q+1. The van der Waals surface area contributed by atoms with E-state index in [4.69, 9.17) is 4.74 Å². The maximum Gasteiger partial charge on any atom is 0.147 e. The second-order valence-corrected chi connectivity index (χ2v) is 5.31. The van der Waals surface area contributed by atoms with Gasteiger partial charge in [0.1, 0.15) is 18.4 Å². The highest BCUT2D eigenvalue weighted by atomic mass is 16.5. The molecule has 0 aliphatic rings. The number of likely N-dealkylation sites (N-methyl/N-ethyl adjacent to an activating group) is 1. The summed E-state index contributed by atoms with van der Waals surface area (Å²) >= 11 is 0. The fourth-order valence-corrected chi connectivity index (χ4v) is 1.81. The first-order valence-electron chi connectivity index (χ1n) is 6.03. The van der Waals surface area contributed by atoms with Gasteiger partial charge in [-0.1, -0.05) is 31.5 Å². The topological polar surface area (TPSA) is 9.23 Å². The molecule has 2 nitrogen and oxygen atoms in total. The molecule has 0 bridgehead atoms. The predicted octanol–water partition coefficient (Wildman–Crippen LogP) is 2.94. The first-order valence-corrected chi connectivity index (χ1v) is 6.03. The van der Waals surface area contributed by atoms with E-state index >= 15 is 0 Å². The Kier molecular flexibility index (Phi) is 4.81. The average Bonchev–Trinajstić information content (AvgIpc) is 2.17. The number of benzene rings is 1. The minimum atomic E-state index is 0.312. The van der Waals surface area contributed by atoms with Crippen LogP contribution in [0.5, 0.6) is 5.75 Å². The highest BCUT2D eigenvalue weighted by Gasteiger charge is 2.18. The zero-order chi connectivity index (χ0) is 12.0. The van der Waals surface area contributed by atoms with E-state index < -0.39 is 0 Å². The summed E-state index contributed by atoms with van der Waals surface area (Å²) in [7, 11) is 6.62. The van der Waals surface area contributed by atoms with E-state index in [1.54, 1.807) is 0 Å². The van der Waals surface area contributed by atoms with E-state index in [1.165, 1.54) is 0 Å². The molecule has 0 N–H and O–H groups in total. The summed E-state index contributed by atoms with van der Waals surface area (Å²) in [6.07, 6.45) is 2.59. The smallest absolute Gasteiger partial charge is 0.147 e. The molecule has 1 atom stereocenters. The van der Waals surface area contributed by atoms with Crippen LogP contribution in [0.4, 0.5) is 0 Å². The van der Waals surface area contributed by atoms with E-state index in [-0.39, 0.29) is 0 Å². The Morgan fingerprint density at radius 1 is 1.12 bits per heavy atom. The van der Waals surface area contributed by atoms with E-state index in [9.17, 15) is 0 Å². The molecular weight excluding hydrogens is 198 g/mol. The number of nitrogens with zero attached hydrogens (tertiary/aromatic N) is 1. The van der Waals surface area contributed by atoms with Gasteiger partial charge in [-0.15, -0.1) is 0 Å². The van der Waals surface area contributed by atoms with Crippen molar-refractivity contribution in [3.63, 3.8) is 0 Å². The Hall–Kier alpha value is -1.02. The molecule has 0 heterocycles. The number of hydrogen-bond donors (Lipinski definition) is 0. The van der Waals surface area contributed by atoms with Crippen LogP contribution in [-0.4, -0.2) is 38.3 Å². The van der Waals surface area contributed by atoms with Gasteiger partial charge in [0.05, 0.1) is 21.1 Å². The van der Waals surface area contributed by atoms with Crippen molar-refractivity contribution < 1.29 is 9.22 Å². The molecule has 1 aromatic carbocycles. The predicted molar refractivity (Wildman–Crippen MR) is 68.7 cm³/mol. The number of ether oxygens (including phenoxy) is 1. The lowest BCUT2D eigenvalue weighted by Gasteiger charge is -2.29. The molecule has 0 aliphatic carbocycles. The fraction of sp³-hybridized carbons (Fsp3) is 0.571. The number of para-hydroxylation sites is 1. The second kappa shape index (κ2) is 5.90. The summed E-state index contributed by atoms with van der Waals surface area (Å²) in [5.41, 5.74) is 0. The Morgan fingerprint density at radius 2 is 1.75 bits per heavy atom. The minimum Gasteiger partial charge on any atom is -0.485 e. The van der Waals surface area contributed by atoms with Gasteiger partial charge in [-0.2, -0.15) is 0 Å². The Balaban J connectivity index is 2.58. The third-order valence-electron chi connectivity index (χ3n) is 2.41. The van der Waals surface area contributed by atoms with Crippen LogP contribution in [0.3, 0.4) is 0 Å². The zero-order valence-electron chi connectivity index (χ0n) is 10.9. The van der Waals surface area contributed by atoms with Crippen molar-refractivity contribution in [3.8, 4) is 5.75 Å². The summed E-state index contributed by atoms with van der Waals surface area (Å²) in [4.78, 5) is 0. The lowest BCUT2D eigenvalue weighted by atomic mass is 10.2. The molecule has 0 aromatic heterocycles. The van der Waals surface area contributed by atoms with E-state index in [2.05, 4.69) is 28.1 Å². The third-order valence-corrected chi connectivity index (χ3v) is 2.41. The average molecular weight is 222 g/mol. The molecule has 1 rings (SSSR count). The monoisotopic (exact) mass is 222 g/mol. The van der Waals surface area contributed by atoms with Crippen molar-refractivity contribution in [1.82, 2.24) is 0 Å². The van der Waals surface area contributed by atoms with Crippen LogP contribution >= 0.6 is 0 Å². The van der Waals surface area contributed by atoms with Gasteiger partial charge in [0, 0.05) is 0 Å². The summed E-state index contributed by atoms with van der Waals surface area (Å²) in [5.74, 6) is 0.981. The largest absolute Gasteiger partial charge is 0.485 e. The van der Waals surface area contributed by atoms with Crippen LogP contribution in [0.1, 0.15) is 19.8 Å². The lowest BCUT2D eigenvalue weighted by molar-refractivity contribution is -0.873. The first-order chi connectivity index (χ1) is 7.51. The van der Waals surface area contributed by atoms with Crippen LogP contribution in [0, 0.1) is 0 Å². The summed E-state index contributed by atoms with van der Waals surface area (Å²) in [5, 5.41) is 0. The number of hydrogen-bond acceptors (Lipinski definition) is 1.